The molecule has 0 saturated carbocycles. The Balaban J connectivity index is 1.76. The highest BCUT2D eigenvalue weighted by Crippen LogP contribution is 2.23. The Morgan fingerprint density at radius 1 is 1.18 bits per heavy atom. The average Bonchev–Trinajstić information content (AvgIpc) is 2.71. The molecule has 28 heavy (non-hydrogen) atoms. The first-order valence-electron chi connectivity index (χ1n) is 9.51. The van der Waals surface area contributed by atoms with Crippen molar-refractivity contribution < 1.29 is 9.84 Å². The van der Waals surface area contributed by atoms with Gasteiger partial charge in [0.05, 0.1) is 17.0 Å². The highest BCUT2D eigenvalue weighted by molar-refractivity contribution is 7.99. The van der Waals surface area contributed by atoms with Crippen molar-refractivity contribution >= 4 is 22.7 Å². The summed E-state index contributed by atoms with van der Waals surface area (Å²) in [5.74, 6) is 1.17. The maximum atomic E-state index is 13.0. The molecule has 0 spiro atoms. The van der Waals surface area contributed by atoms with Gasteiger partial charge in [-0.1, -0.05) is 49.0 Å². The maximum absolute atomic E-state index is 13.0. The van der Waals surface area contributed by atoms with E-state index in [4.69, 9.17) is 4.74 Å². The molecule has 0 aliphatic rings. The van der Waals surface area contributed by atoms with Gasteiger partial charge in [-0.25, -0.2) is 4.98 Å². The van der Waals surface area contributed by atoms with Gasteiger partial charge in [-0.05, 0) is 44.0 Å². The Bertz CT molecular complexity index is 1000. The molecule has 0 amide bonds. The third-order valence-electron chi connectivity index (χ3n) is 4.74. The topological polar surface area (TPSA) is 64.3 Å². The molecular weight excluding hydrogens is 372 g/mol. The summed E-state index contributed by atoms with van der Waals surface area (Å²) in [5, 5.41) is 11.6. The normalized spacial score (nSPS) is 13.4. The van der Waals surface area contributed by atoms with Gasteiger partial charge in [-0.2, -0.15) is 0 Å². The van der Waals surface area contributed by atoms with E-state index in [1.165, 1.54) is 11.8 Å². The van der Waals surface area contributed by atoms with E-state index in [1.807, 2.05) is 69.3 Å². The second kappa shape index (κ2) is 9.26. The molecule has 3 aromatic rings. The first-order chi connectivity index (χ1) is 13.5. The third-order valence-corrected chi connectivity index (χ3v) is 5.83. The second-order valence-corrected chi connectivity index (χ2v) is 7.87. The van der Waals surface area contributed by atoms with Crippen LogP contribution in [-0.4, -0.2) is 33.1 Å². The largest absolute Gasteiger partial charge is 0.491 e. The van der Waals surface area contributed by atoms with Gasteiger partial charge >= 0.3 is 0 Å². The Morgan fingerprint density at radius 2 is 1.89 bits per heavy atom. The minimum Gasteiger partial charge on any atom is -0.491 e. The molecule has 1 aromatic heterocycles. The number of hydrogen-bond acceptors (Lipinski definition) is 5. The summed E-state index contributed by atoms with van der Waals surface area (Å²) in [4.78, 5) is 17.6. The van der Waals surface area contributed by atoms with Gasteiger partial charge in [0.1, 0.15) is 12.4 Å². The zero-order valence-electron chi connectivity index (χ0n) is 16.5. The van der Waals surface area contributed by atoms with Gasteiger partial charge in [-0.15, -0.1) is 0 Å². The summed E-state index contributed by atoms with van der Waals surface area (Å²) >= 11 is 1.39. The molecule has 1 N–H and O–H groups in total. The number of fused-ring (bicyclic) bond motifs is 1. The van der Waals surface area contributed by atoms with Crippen LogP contribution in [0.5, 0.6) is 5.75 Å². The SMILES string of the molecule is CC[C@@H](C)n1c(SC[C@@H](O)COc2ccccc2C)nc2ccccc2c1=O. The van der Waals surface area contributed by atoms with Crippen LogP contribution < -0.4 is 10.3 Å². The molecule has 2 atom stereocenters. The quantitative estimate of drug-likeness (QED) is 0.455. The van der Waals surface area contributed by atoms with Crippen molar-refractivity contribution in [2.24, 2.45) is 0 Å². The highest BCUT2D eigenvalue weighted by atomic mass is 32.2. The van der Waals surface area contributed by atoms with Crippen molar-refractivity contribution in [3.8, 4) is 5.75 Å². The van der Waals surface area contributed by atoms with Crippen molar-refractivity contribution in [1.82, 2.24) is 9.55 Å². The van der Waals surface area contributed by atoms with Gasteiger partial charge in [0.15, 0.2) is 5.16 Å². The summed E-state index contributed by atoms with van der Waals surface area (Å²) in [6.45, 7) is 6.23. The molecule has 0 bridgehead atoms. The van der Waals surface area contributed by atoms with Gasteiger partial charge < -0.3 is 9.84 Å². The van der Waals surface area contributed by atoms with Crippen molar-refractivity contribution in [2.75, 3.05) is 12.4 Å². The number of benzene rings is 2. The molecule has 0 unspecified atom stereocenters. The van der Waals surface area contributed by atoms with Crippen LogP contribution in [-0.2, 0) is 0 Å². The summed E-state index contributed by atoms with van der Waals surface area (Å²) in [6.07, 6.45) is 0.158. The molecule has 0 fully saturated rings. The molecule has 0 aliphatic carbocycles. The number of hydrogen-bond donors (Lipinski definition) is 1. The molecular formula is C22H26N2O3S. The molecule has 0 saturated heterocycles. The Kier molecular flexibility index (Phi) is 6.75. The number of aryl methyl sites for hydroxylation is 1. The van der Waals surface area contributed by atoms with Crippen LogP contribution in [0.25, 0.3) is 10.9 Å². The fourth-order valence-corrected chi connectivity index (χ4v) is 3.92. The number of thioether (sulfide) groups is 1. The van der Waals surface area contributed by atoms with Crippen molar-refractivity contribution in [2.45, 2.75) is 44.5 Å². The summed E-state index contributed by atoms with van der Waals surface area (Å²) < 4.78 is 7.47. The van der Waals surface area contributed by atoms with Crippen LogP contribution in [0.1, 0.15) is 31.9 Å². The number of aromatic nitrogens is 2. The predicted molar refractivity (Wildman–Crippen MR) is 114 cm³/mol. The fourth-order valence-electron chi connectivity index (χ4n) is 2.92. The summed E-state index contributed by atoms with van der Waals surface area (Å²) in [6, 6.07) is 15.1. The summed E-state index contributed by atoms with van der Waals surface area (Å²) in [5.41, 5.74) is 1.68. The van der Waals surface area contributed by atoms with Crippen molar-refractivity contribution in [3.05, 3.63) is 64.4 Å². The van der Waals surface area contributed by atoms with E-state index < -0.39 is 6.10 Å². The summed E-state index contributed by atoms with van der Waals surface area (Å²) in [7, 11) is 0. The fraction of sp³-hybridized carbons (Fsp3) is 0.364. The molecule has 2 aromatic carbocycles. The van der Waals surface area contributed by atoms with E-state index in [9.17, 15) is 9.90 Å². The van der Waals surface area contributed by atoms with Crippen LogP contribution in [0.2, 0.25) is 0 Å². The first-order valence-corrected chi connectivity index (χ1v) is 10.5. The number of para-hydroxylation sites is 2. The van der Waals surface area contributed by atoms with E-state index in [0.29, 0.717) is 21.8 Å². The van der Waals surface area contributed by atoms with Gasteiger partial charge in [0.25, 0.3) is 5.56 Å². The Labute approximate surface area is 169 Å². The lowest BCUT2D eigenvalue weighted by atomic mass is 10.2. The Hall–Kier alpha value is -2.31. The predicted octanol–water partition coefficient (Wildman–Crippen LogP) is 4.21. The van der Waals surface area contributed by atoms with Gasteiger partial charge in [0, 0.05) is 11.8 Å². The van der Waals surface area contributed by atoms with Gasteiger partial charge in [-0.3, -0.25) is 9.36 Å². The molecule has 0 radical (unpaired) electrons. The molecule has 6 heteroatoms. The Morgan fingerprint density at radius 3 is 2.64 bits per heavy atom. The van der Waals surface area contributed by atoms with E-state index >= 15 is 0 Å². The number of ether oxygens (including phenoxy) is 1. The third kappa shape index (κ3) is 4.56. The van der Waals surface area contributed by atoms with Crippen molar-refractivity contribution in [3.63, 3.8) is 0 Å². The lowest BCUT2D eigenvalue weighted by Gasteiger charge is -2.19. The van der Waals surface area contributed by atoms with Crippen molar-refractivity contribution in [1.29, 1.82) is 0 Å². The average molecular weight is 399 g/mol. The number of nitrogens with zero attached hydrogens (tertiary/aromatic N) is 2. The maximum Gasteiger partial charge on any atom is 0.262 e. The van der Waals surface area contributed by atoms with Gasteiger partial charge in [0.2, 0.25) is 0 Å². The monoisotopic (exact) mass is 398 g/mol. The molecule has 1 heterocycles. The smallest absolute Gasteiger partial charge is 0.262 e. The zero-order chi connectivity index (χ0) is 20.1. The van der Waals surface area contributed by atoms with Crippen LogP contribution in [0, 0.1) is 6.92 Å². The van der Waals surface area contributed by atoms with E-state index in [2.05, 4.69) is 4.98 Å². The molecule has 3 rings (SSSR count). The van der Waals surface area contributed by atoms with Crippen LogP contribution in [0.4, 0.5) is 0 Å². The second-order valence-electron chi connectivity index (χ2n) is 6.89. The molecule has 0 aliphatic heterocycles. The lowest BCUT2D eigenvalue weighted by Crippen LogP contribution is -2.27. The first kappa shape index (κ1) is 20.4. The van der Waals surface area contributed by atoms with Crippen LogP contribution in [0.3, 0.4) is 0 Å². The number of rotatable bonds is 8. The number of aliphatic hydroxyl groups is 1. The highest BCUT2D eigenvalue weighted by Gasteiger charge is 2.17. The van der Waals surface area contributed by atoms with E-state index in [1.54, 1.807) is 4.57 Å². The number of aliphatic hydroxyl groups excluding tert-OH is 1. The zero-order valence-corrected chi connectivity index (χ0v) is 17.3. The van der Waals surface area contributed by atoms with Crippen LogP contribution >= 0.6 is 11.8 Å². The van der Waals surface area contributed by atoms with E-state index in [0.717, 1.165) is 17.7 Å². The van der Waals surface area contributed by atoms with Crippen LogP contribution in [0.15, 0.2) is 58.5 Å². The lowest BCUT2D eigenvalue weighted by molar-refractivity contribution is 0.126. The molecule has 5 nitrogen and oxygen atoms in total. The van der Waals surface area contributed by atoms with E-state index in [-0.39, 0.29) is 18.2 Å². The minimum absolute atomic E-state index is 0.0342. The molecule has 148 valence electrons. The minimum atomic E-state index is -0.668. The standard InChI is InChI=1S/C22H26N2O3S/c1-4-16(3)24-21(26)18-10-6-7-11-19(18)23-22(24)28-14-17(25)13-27-20-12-8-5-9-15(20)2/h5-12,16-17,25H,4,13-14H2,1-3H3/t16-,17+/m1/s1.